The Morgan fingerprint density at radius 3 is 1.50 bits per heavy atom. The van der Waals surface area contributed by atoms with Crippen LogP contribution in [0.5, 0.6) is 0 Å². The Morgan fingerprint density at radius 1 is 1.00 bits per heavy atom. The Labute approximate surface area is 84.1 Å². The second-order valence-corrected chi connectivity index (χ2v) is 2.79. The fourth-order valence-electron chi connectivity index (χ4n) is 0.721. The van der Waals surface area contributed by atoms with Crippen LogP contribution < -0.4 is 5.32 Å². The molecule has 1 N–H and O–H groups in total. The molecule has 0 rings (SSSR count). The predicted molar refractivity (Wildman–Crippen MR) is 42.6 cm³/mol. The second-order valence-electron chi connectivity index (χ2n) is 2.79. The van der Waals surface area contributed by atoms with E-state index in [2.05, 4.69) is 33.0 Å². The molecule has 0 bridgehead atoms. The molecule has 0 aromatic heterocycles. The molecule has 2 heteroatoms. The monoisotopic (exact) mass is 219 g/mol. The van der Waals surface area contributed by atoms with E-state index < -0.39 is 0 Å². The van der Waals surface area contributed by atoms with Crippen LogP contribution in [0.2, 0.25) is 0 Å². The molecule has 0 aliphatic carbocycles. The molecule has 0 aromatic rings. The van der Waals surface area contributed by atoms with Gasteiger partial charge in [0, 0.05) is 38.3 Å². The van der Waals surface area contributed by atoms with Crippen LogP contribution in [-0.2, 0) is 26.2 Å². The summed E-state index contributed by atoms with van der Waals surface area (Å²) in [6, 6.07) is 1.36. The standard InChI is InChI=1S/C8H19N.Zr/c1-5-7(3)9-8(4)6-2;/h7-9H,5-6H2,1-4H3;. The van der Waals surface area contributed by atoms with E-state index in [1.807, 2.05) is 0 Å². The first-order valence-electron chi connectivity index (χ1n) is 3.96. The zero-order chi connectivity index (χ0) is 7.28. The van der Waals surface area contributed by atoms with Crippen molar-refractivity contribution >= 4 is 0 Å². The molecule has 0 amide bonds. The van der Waals surface area contributed by atoms with Gasteiger partial charge in [-0.1, -0.05) is 13.8 Å². The molecule has 0 radical (unpaired) electrons. The minimum atomic E-state index is 0. The molecule has 0 aliphatic rings. The van der Waals surface area contributed by atoms with Gasteiger partial charge in [0.1, 0.15) is 0 Å². The minimum Gasteiger partial charge on any atom is -0.312 e. The topological polar surface area (TPSA) is 12.0 Å². The molecule has 2 atom stereocenters. The maximum atomic E-state index is 3.48. The summed E-state index contributed by atoms with van der Waals surface area (Å²) in [5, 5.41) is 3.48. The van der Waals surface area contributed by atoms with Gasteiger partial charge in [0.2, 0.25) is 0 Å². The summed E-state index contributed by atoms with van der Waals surface area (Å²) in [7, 11) is 0. The third-order valence-electron chi connectivity index (χ3n) is 1.79. The molecule has 0 aromatic carbocycles. The predicted octanol–water partition coefficient (Wildman–Crippen LogP) is 2.17. The van der Waals surface area contributed by atoms with E-state index in [0.29, 0.717) is 12.1 Å². The van der Waals surface area contributed by atoms with E-state index >= 15 is 0 Å². The van der Waals surface area contributed by atoms with Crippen molar-refractivity contribution in [1.29, 1.82) is 0 Å². The van der Waals surface area contributed by atoms with Gasteiger partial charge < -0.3 is 5.32 Å². The normalized spacial score (nSPS) is 15.6. The van der Waals surface area contributed by atoms with Crippen LogP contribution in [0.25, 0.3) is 0 Å². The van der Waals surface area contributed by atoms with Crippen LogP contribution in [0.3, 0.4) is 0 Å². The van der Waals surface area contributed by atoms with Gasteiger partial charge in [-0.25, -0.2) is 0 Å². The number of rotatable bonds is 4. The molecule has 10 heavy (non-hydrogen) atoms. The number of hydrogen-bond acceptors (Lipinski definition) is 1. The van der Waals surface area contributed by atoms with Gasteiger partial charge in [0.05, 0.1) is 0 Å². The van der Waals surface area contributed by atoms with Crippen LogP contribution >= 0.6 is 0 Å². The largest absolute Gasteiger partial charge is 0.312 e. The first-order chi connectivity index (χ1) is 4.20. The average Bonchev–Trinajstić information content (AvgIpc) is 1.87. The maximum Gasteiger partial charge on any atom is 0.00385 e. The summed E-state index contributed by atoms with van der Waals surface area (Å²) in [5.41, 5.74) is 0. The van der Waals surface area contributed by atoms with Crippen molar-refractivity contribution in [2.24, 2.45) is 0 Å². The Balaban J connectivity index is 0. The summed E-state index contributed by atoms with van der Waals surface area (Å²) >= 11 is 0. The van der Waals surface area contributed by atoms with Gasteiger partial charge in [-0.2, -0.15) is 0 Å². The Morgan fingerprint density at radius 2 is 1.30 bits per heavy atom. The summed E-state index contributed by atoms with van der Waals surface area (Å²) in [6.45, 7) is 8.87. The summed E-state index contributed by atoms with van der Waals surface area (Å²) in [4.78, 5) is 0. The number of nitrogens with one attached hydrogen (secondary N) is 1. The van der Waals surface area contributed by atoms with Gasteiger partial charge in [-0.3, -0.25) is 0 Å². The van der Waals surface area contributed by atoms with Crippen LogP contribution in [-0.4, -0.2) is 12.1 Å². The first kappa shape index (κ1) is 13.4. The van der Waals surface area contributed by atoms with Gasteiger partial charge in [-0.05, 0) is 26.7 Å². The van der Waals surface area contributed by atoms with Crippen molar-refractivity contribution in [3.63, 3.8) is 0 Å². The van der Waals surface area contributed by atoms with Crippen LogP contribution in [0.15, 0.2) is 0 Å². The Hall–Kier alpha value is 0.843. The molecule has 0 fully saturated rings. The minimum absolute atomic E-state index is 0. The first-order valence-corrected chi connectivity index (χ1v) is 3.96. The van der Waals surface area contributed by atoms with Crippen molar-refractivity contribution in [3.05, 3.63) is 0 Å². The maximum absolute atomic E-state index is 3.48. The zero-order valence-electron chi connectivity index (χ0n) is 7.57. The number of hydrogen-bond donors (Lipinski definition) is 1. The summed E-state index contributed by atoms with van der Waals surface area (Å²) in [6.07, 6.45) is 2.45. The SMILES string of the molecule is CCC(C)NC(C)CC.[Zr]. The molecule has 0 spiro atoms. The molecular weight excluding hydrogens is 201 g/mol. The van der Waals surface area contributed by atoms with Crippen molar-refractivity contribution in [2.45, 2.75) is 52.6 Å². The van der Waals surface area contributed by atoms with Crippen molar-refractivity contribution in [1.82, 2.24) is 5.32 Å². The quantitative estimate of drug-likeness (QED) is 0.766. The Kier molecular flexibility index (Phi) is 10.7. The van der Waals surface area contributed by atoms with Crippen LogP contribution in [0.1, 0.15) is 40.5 Å². The third kappa shape index (κ3) is 6.96. The Bertz CT molecular complexity index is 58.3. The van der Waals surface area contributed by atoms with Gasteiger partial charge in [0.15, 0.2) is 0 Å². The summed E-state index contributed by atoms with van der Waals surface area (Å²) in [5.74, 6) is 0. The van der Waals surface area contributed by atoms with E-state index in [0.717, 1.165) is 0 Å². The molecule has 0 heterocycles. The molecule has 0 aliphatic heterocycles. The molecule has 0 saturated carbocycles. The van der Waals surface area contributed by atoms with Gasteiger partial charge in [0.25, 0.3) is 0 Å². The summed E-state index contributed by atoms with van der Waals surface area (Å²) < 4.78 is 0. The van der Waals surface area contributed by atoms with E-state index in [4.69, 9.17) is 0 Å². The second kappa shape index (κ2) is 7.94. The third-order valence-corrected chi connectivity index (χ3v) is 1.79. The van der Waals surface area contributed by atoms with Crippen molar-refractivity contribution < 1.29 is 26.2 Å². The fraction of sp³-hybridized carbons (Fsp3) is 1.00. The average molecular weight is 220 g/mol. The molecule has 0 saturated heterocycles. The van der Waals surface area contributed by atoms with Crippen LogP contribution in [0, 0.1) is 0 Å². The smallest absolute Gasteiger partial charge is 0.00385 e. The van der Waals surface area contributed by atoms with E-state index in [9.17, 15) is 0 Å². The molecular formula is C8H19NZr. The van der Waals surface area contributed by atoms with Crippen LogP contribution in [0.4, 0.5) is 0 Å². The van der Waals surface area contributed by atoms with E-state index in [-0.39, 0.29) is 26.2 Å². The van der Waals surface area contributed by atoms with Gasteiger partial charge in [-0.15, -0.1) is 0 Å². The van der Waals surface area contributed by atoms with E-state index in [1.165, 1.54) is 12.8 Å². The molecule has 60 valence electrons. The molecule has 1 nitrogen and oxygen atoms in total. The fourth-order valence-corrected chi connectivity index (χ4v) is 0.721. The van der Waals surface area contributed by atoms with Crippen molar-refractivity contribution in [2.75, 3.05) is 0 Å². The van der Waals surface area contributed by atoms with E-state index in [1.54, 1.807) is 0 Å². The van der Waals surface area contributed by atoms with Gasteiger partial charge >= 0.3 is 0 Å². The van der Waals surface area contributed by atoms with Crippen molar-refractivity contribution in [3.8, 4) is 0 Å². The zero-order valence-corrected chi connectivity index (χ0v) is 10.0. The molecule has 2 unspecified atom stereocenters.